The number of anilines is 1. The van der Waals surface area contributed by atoms with Crippen LogP contribution in [0.1, 0.15) is 12.2 Å². The summed E-state index contributed by atoms with van der Waals surface area (Å²) >= 11 is 0. The second-order valence-electron chi connectivity index (χ2n) is 6.88. The molecule has 5 aromatic rings. The van der Waals surface area contributed by atoms with E-state index < -0.39 is 0 Å². The summed E-state index contributed by atoms with van der Waals surface area (Å²) in [6.45, 7) is 0.134. The highest BCUT2D eigenvalue weighted by Crippen LogP contribution is 2.30. The number of pyridine rings is 2. The number of aromatic nitrogens is 4. The van der Waals surface area contributed by atoms with Gasteiger partial charge in [0, 0.05) is 35.6 Å². The highest BCUT2D eigenvalue weighted by molar-refractivity contribution is 6.07. The topological polar surface area (TPSA) is 101 Å². The van der Waals surface area contributed by atoms with E-state index in [1.54, 1.807) is 0 Å². The molecule has 0 saturated heterocycles. The predicted octanol–water partition coefficient (Wildman–Crippen LogP) is 3.83. The predicted molar refractivity (Wildman–Crippen MR) is 112 cm³/mol. The molecule has 2 aromatic carbocycles. The molecular weight excluding hydrogens is 350 g/mol. The van der Waals surface area contributed by atoms with Crippen LogP contribution in [0.2, 0.25) is 0 Å². The van der Waals surface area contributed by atoms with Gasteiger partial charge < -0.3 is 15.8 Å². The Morgan fingerprint density at radius 2 is 1.86 bits per heavy atom. The average molecular weight is 369 g/mol. The number of aliphatic hydroxyl groups is 1. The Kier molecular flexibility index (Phi) is 3.91. The van der Waals surface area contributed by atoms with E-state index >= 15 is 0 Å². The molecule has 138 valence electrons. The summed E-state index contributed by atoms with van der Waals surface area (Å²) in [4.78, 5) is 17.1. The minimum absolute atomic E-state index is 0.134. The molecule has 0 unspecified atom stereocenters. The maximum Gasteiger partial charge on any atom is 0.150 e. The number of para-hydroxylation sites is 1. The first-order valence-corrected chi connectivity index (χ1v) is 9.27. The number of benzene rings is 2. The largest absolute Gasteiger partial charge is 0.396 e. The fourth-order valence-corrected chi connectivity index (χ4v) is 3.59. The van der Waals surface area contributed by atoms with Crippen molar-refractivity contribution in [1.29, 1.82) is 0 Å². The van der Waals surface area contributed by atoms with Gasteiger partial charge in [0.05, 0.1) is 11.0 Å². The van der Waals surface area contributed by atoms with Crippen LogP contribution in [-0.2, 0) is 6.42 Å². The number of nitrogens with one attached hydrogen (secondary N) is 1. The molecule has 0 aliphatic carbocycles. The van der Waals surface area contributed by atoms with Gasteiger partial charge in [-0.3, -0.25) is 4.98 Å². The van der Waals surface area contributed by atoms with Gasteiger partial charge in [-0.15, -0.1) is 0 Å². The van der Waals surface area contributed by atoms with Gasteiger partial charge in [-0.1, -0.05) is 24.3 Å². The van der Waals surface area contributed by atoms with E-state index in [1.165, 1.54) is 0 Å². The first-order chi connectivity index (χ1) is 13.7. The van der Waals surface area contributed by atoms with Crippen LogP contribution >= 0.6 is 0 Å². The molecule has 0 amide bonds. The van der Waals surface area contributed by atoms with Gasteiger partial charge >= 0.3 is 0 Å². The fraction of sp³-hybridized carbons (Fsp3) is 0.136. The van der Waals surface area contributed by atoms with Crippen molar-refractivity contribution in [3.05, 3.63) is 60.6 Å². The van der Waals surface area contributed by atoms with Gasteiger partial charge in [-0.2, -0.15) is 0 Å². The Bertz CT molecular complexity index is 1330. The van der Waals surface area contributed by atoms with Crippen molar-refractivity contribution >= 4 is 38.7 Å². The number of imidazole rings is 1. The number of nitrogens with zero attached hydrogens (tertiary/aromatic N) is 3. The molecule has 3 heterocycles. The quantitative estimate of drug-likeness (QED) is 0.447. The van der Waals surface area contributed by atoms with Crippen molar-refractivity contribution in [3.63, 3.8) is 0 Å². The molecule has 0 saturated carbocycles. The smallest absolute Gasteiger partial charge is 0.150 e. The second kappa shape index (κ2) is 6.58. The Labute approximate surface area is 161 Å². The van der Waals surface area contributed by atoms with Crippen LogP contribution in [0.3, 0.4) is 0 Å². The van der Waals surface area contributed by atoms with Crippen LogP contribution in [0.4, 0.5) is 5.82 Å². The first kappa shape index (κ1) is 16.6. The molecule has 5 rings (SSSR count). The van der Waals surface area contributed by atoms with E-state index in [2.05, 4.69) is 38.1 Å². The summed E-state index contributed by atoms with van der Waals surface area (Å²) in [7, 11) is 0. The lowest BCUT2D eigenvalue weighted by Gasteiger charge is -2.06. The molecule has 0 radical (unpaired) electrons. The van der Waals surface area contributed by atoms with E-state index in [1.807, 2.05) is 36.5 Å². The Morgan fingerprint density at radius 1 is 0.964 bits per heavy atom. The van der Waals surface area contributed by atoms with Gasteiger partial charge in [0.2, 0.25) is 0 Å². The SMILES string of the molecule is Nc1nc2cc(-c3cnc4ccccc4c3)ccc2c2nc(CCCO)[nH]c12. The van der Waals surface area contributed by atoms with Crippen LogP contribution in [0.5, 0.6) is 0 Å². The number of nitrogen functional groups attached to an aromatic ring is 1. The molecule has 0 spiro atoms. The summed E-state index contributed by atoms with van der Waals surface area (Å²) in [6.07, 6.45) is 3.21. The van der Waals surface area contributed by atoms with Crippen molar-refractivity contribution in [2.75, 3.05) is 12.3 Å². The van der Waals surface area contributed by atoms with E-state index in [4.69, 9.17) is 10.8 Å². The number of fused-ring (bicyclic) bond motifs is 4. The first-order valence-electron chi connectivity index (χ1n) is 9.27. The van der Waals surface area contributed by atoms with Crippen molar-refractivity contribution in [2.45, 2.75) is 12.8 Å². The third kappa shape index (κ3) is 2.75. The number of H-pyrrole nitrogens is 1. The summed E-state index contributed by atoms with van der Waals surface area (Å²) in [6, 6.07) is 16.3. The molecule has 0 fully saturated rings. The maximum absolute atomic E-state index is 9.05. The van der Waals surface area contributed by atoms with E-state index in [9.17, 15) is 0 Å². The lowest BCUT2D eigenvalue weighted by atomic mass is 10.0. The van der Waals surface area contributed by atoms with E-state index in [0.717, 1.165) is 49.8 Å². The Hall–Kier alpha value is -3.51. The number of aliphatic hydroxyl groups excluding tert-OH is 1. The number of hydrogen-bond donors (Lipinski definition) is 3. The molecule has 28 heavy (non-hydrogen) atoms. The normalized spacial score (nSPS) is 11.6. The number of aromatic amines is 1. The molecule has 0 bridgehead atoms. The zero-order chi connectivity index (χ0) is 19.1. The van der Waals surface area contributed by atoms with Crippen molar-refractivity contribution in [2.24, 2.45) is 0 Å². The van der Waals surface area contributed by atoms with Crippen LogP contribution in [0.25, 0.3) is 44.0 Å². The molecule has 4 N–H and O–H groups in total. The minimum atomic E-state index is 0.134. The van der Waals surface area contributed by atoms with Gasteiger partial charge in [-0.05, 0) is 36.2 Å². The summed E-state index contributed by atoms with van der Waals surface area (Å²) < 4.78 is 0. The van der Waals surface area contributed by atoms with Crippen LogP contribution in [-0.4, -0.2) is 31.6 Å². The number of hydrogen-bond acceptors (Lipinski definition) is 5. The van der Waals surface area contributed by atoms with Crippen molar-refractivity contribution in [3.8, 4) is 11.1 Å². The molecule has 3 aromatic heterocycles. The van der Waals surface area contributed by atoms with E-state index in [0.29, 0.717) is 18.7 Å². The van der Waals surface area contributed by atoms with Gasteiger partial charge in [0.15, 0.2) is 0 Å². The lowest BCUT2D eigenvalue weighted by Crippen LogP contribution is -1.94. The molecule has 6 nitrogen and oxygen atoms in total. The Morgan fingerprint density at radius 3 is 2.75 bits per heavy atom. The van der Waals surface area contributed by atoms with Crippen LogP contribution in [0.15, 0.2) is 54.7 Å². The number of rotatable bonds is 4. The van der Waals surface area contributed by atoms with Gasteiger partial charge in [-0.25, -0.2) is 9.97 Å². The fourth-order valence-electron chi connectivity index (χ4n) is 3.59. The Balaban J connectivity index is 1.64. The third-order valence-corrected chi connectivity index (χ3v) is 5.00. The molecule has 0 atom stereocenters. The molecule has 0 aliphatic rings. The summed E-state index contributed by atoms with van der Waals surface area (Å²) in [5, 5.41) is 11.1. The minimum Gasteiger partial charge on any atom is -0.396 e. The number of aryl methyl sites for hydroxylation is 1. The lowest BCUT2D eigenvalue weighted by molar-refractivity contribution is 0.287. The zero-order valence-electron chi connectivity index (χ0n) is 15.2. The average Bonchev–Trinajstić information content (AvgIpc) is 3.16. The highest BCUT2D eigenvalue weighted by Gasteiger charge is 2.13. The second-order valence-corrected chi connectivity index (χ2v) is 6.88. The van der Waals surface area contributed by atoms with E-state index in [-0.39, 0.29) is 6.61 Å². The van der Waals surface area contributed by atoms with Crippen LogP contribution < -0.4 is 5.73 Å². The highest BCUT2D eigenvalue weighted by atomic mass is 16.2. The molecular formula is C22H19N5O. The number of nitrogens with two attached hydrogens (primary N) is 1. The summed E-state index contributed by atoms with van der Waals surface area (Å²) in [5.41, 5.74) is 11.6. The van der Waals surface area contributed by atoms with Gasteiger partial charge in [0.25, 0.3) is 0 Å². The monoisotopic (exact) mass is 369 g/mol. The zero-order valence-corrected chi connectivity index (χ0v) is 15.2. The van der Waals surface area contributed by atoms with Gasteiger partial charge in [0.1, 0.15) is 22.7 Å². The standard InChI is InChI=1S/C22H19N5O/c23-22-21-20(26-19(27-21)6-3-9-28)16-8-7-13(11-18(16)25-22)15-10-14-4-1-2-5-17(14)24-12-15/h1-2,4-5,7-8,10-12,28H,3,6,9H2,(H2,23,25)(H,26,27). The maximum atomic E-state index is 9.05. The van der Waals surface area contributed by atoms with Crippen LogP contribution in [0, 0.1) is 0 Å². The third-order valence-electron chi connectivity index (χ3n) is 5.00. The molecule has 6 heteroatoms. The van der Waals surface area contributed by atoms with Crippen molar-refractivity contribution in [1.82, 2.24) is 19.9 Å². The van der Waals surface area contributed by atoms with Crippen molar-refractivity contribution < 1.29 is 5.11 Å². The molecule has 0 aliphatic heterocycles. The summed E-state index contributed by atoms with van der Waals surface area (Å²) in [5.74, 6) is 1.24.